The van der Waals surface area contributed by atoms with Crippen molar-refractivity contribution in [1.82, 2.24) is 0 Å². The van der Waals surface area contributed by atoms with E-state index < -0.39 is 0 Å². The summed E-state index contributed by atoms with van der Waals surface area (Å²) in [5.41, 5.74) is 25.5. The first-order valence-electron chi connectivity index (χ1n) is 24.7. The van der Waals surface area contributed by atoms with Gasteiger partial charge in [0.25, 0.3) is 6.71 Å². The zero-order valence-corrected chi connectivity index (χ0v) is 40.0. The summed E-state index contributed by atoms with van der Waals surface area (Å²) in [6.07, 6.45) is 9.96. The molecule has 4 unspecified atom stereocenters. The molecule has 4 aliphatic heterocycles. The van der Waals surface area contributed by atoms with E-state index in [1.165, 1.54) is 147 Å². The van der Waals surface area contributed by atoms with Gasteiger partial charge in [-0.2, -0.15) is 0 Å². The minimum atomic E-state index is -0.104. The fourth-order valence-electron chi connectivity index (χ4n) is 15.3. The summed E-state index contributed by atoms with van der Waals surface area (Å²) in [4.78, 5) is 8.43. The molecule has 0 radical (unpaired) electrons. The van der Waals surface area contributed by atoms with Crippen molar-refractivity contribution in [2.24, 2.45) is 0 Å². The third-order valence-corrected chi connectivity index (χ3v) is 19.1. The van der Waals surface area contributed by atoms with Crippen LogP contribution in [-0.4, -0.2) is 17.8 Å². The van der Waals surface area contributed by atoms with Crippen LogP contribution in [0.2, 0.25) is 0 Å². The highest BCUT2D eigenvalue weighted by atomic mass is 15.3. The third-order valence-electron chi connectivity index (χ3n) is 19.1. The quantitative estimate of drug-likeness (QED) is 0.161. The average Bonchev–Trinajstić information content (AvgIpc) is 3.73. The second kappa shape index (κ2) is 12.4. The van der Waals surface area contributed by atoms with Gasteiger partial charge in [-0.05, 0) is 144 Å². The zero-order chi connectivity index (χ0) is 44.1. The van der Waals surface area contributed by atoms with Crippen LogP contribution in [-0.2, 0) is 21.7 Å². The standard InChI is InChI=1S/C60H64BN3/c1-37-33-50-53-51(34-37)64-54-43(57(7)29-13-16-32-60(57,64)10)22-17-23-46(54)61(53)45-27-26-39(63-47-28-25-38(55(2,3)4)35-44(47)58(8)30-14-15-31-59(58,63)9)36-49(45)62(50)48-24-18-21-42-52(48)40-19-11-12-20-41(40)56(42,5)6/h11-12,17-28,33-36H,13-16,29-32H2,1-10H3. The van der Waals surface area contributed by atoms with Crippen LogP contribution in [0.5, 0.6) is 0 Å². The SMILES string of the molecule is Cc1cc2c3c(c1)N1c4c(cccc4C4(C)CCCCC14C)B3c1ccc(N3c4ccc(C(C)(C)C)cc4C4(C)CCCCC34C)cc1N2c1cccc2c1-c1ccccc1C2(C)C. The molecule has 3 nitrogen and oxygen atoms in total. The van der Waals surface area contributed by atoms with Gasteiger partial charge < -0.3 is 14.7 Å². The Morgan fingerprint density at radius 2 is 1.17 bits per heavy atom. The lowest BCUT2D eigenvalue weighted by Gasteiger charge is -2.53. The van der Waals surface area contributed by atoms with Crippen molar-refractivity contribution in [3.63, 3.8) is 0 Å². The number of hydrogen-bond acceptors (Lipinski definition) is 3. The van der Waals surface area contributed by atoms with Gasteiger partial charge in [-0.1, -0.05) is 147 Å². The minimum Gasteiger partial charge on any atom is -0.335 e. The van der Waals surface area contributed by atoms with Gasteiger partial charge in [0.2, 0.25) is 0 Å². The molecule has 3 aliphatic carbocycles. The highest BCUT2D eigenvalue weighted by Crippen LogP contribution is 2.64. The predicted octanol–water partition coefficient (Wildman–Crippen LogP) is 13.7. The molecule has 0 saturated heterocycles. The molecular weight excluding hydrogens is 773 g/mol. The lowest BCUT2D eigenvalue weighted by atomic mass is 9.33. The molecule has 0 aromatic heterocycles. The first-order chi connectivity index (χ1) is 30.5. The zero-order valence-electron chi connectivity index (χ0n) is 40.0. The van der Waals surface area contributed by atoms with E-state index in [4.69, 9.17) is 0 Å². The van der Waals surface area contributed by atoms with Crippen molar-refractivity contribution >= 4 is 62.9 Å². The number of nitrogens with zero attached hydrogens (tertiary/aromatic N) is 3. The van der Waals surface area contributed by atoms with E-state index in [0.717, 1.165) is 0 Å². The van der Waals surface area contributed by atoms with Crippen LogP contribution in [0.15, 0.2) is 109 Å². The Hall–Kier alpha value is -5.22. The van der Waals surface area contributed by atoms with Crippen LogP contribution >= 0.6 is 0 Å². The number of benzene rings is 6. The Kier molecular flexibility index (Phi) is 7.57. The van der Waals surface area contributed by atoms with E-state index in [2.05, 4.69) is 193 Å². The molecule has 4 heterocycles. The number of anilines is 7. The molecule has 7 aliphatic rings. The summed E-state index contributed by atoms with van der Waals surface area (Å²) in [5.74, 6) is 0. The Bertz CT molecular complexity index is 3040. The van der Waals surface area contributed by atoms with Gasteiger partial charge in [0, 0.05) is 55.9 Å². The molecule has 2 fully saturated rings. The van der Waals surface area contributed by atoms with E-state index in [9.17, 15) is 0 Å². The van der Waals surface area contributed by atoms with Crippen molar-refractivity contribution in [1.29, 1.82) is 0 Å². The molecule has 0 N–H and O–H groups in total. The fraction of sp³-hybridized carbons (Fsp3) is 0.400. The van der Waals surface area contributed by atoms with E-state index in [0.29, 0.717) is 0 Å². The average molecular weight is 838 g/mol. The van der Waals surface area contributed by atoms with Crippen LogP contribution < -0.4 is 31.1 Å². The highest BCUT2D eigenvalue weighted by molar-refractivity contribution is 7.00. The van der Waals surface area contributed by atoms with E-state index in [1.807, 2.05) is 0 Å². The van der Waals surface area contributed by atoms with Gasteiger partial charge in [0.15, 0.2) is 0 Å². The van der Waals surface area contributed by atoms with Crippen molar-refractivity contribution in [3.05, 3.63) is 143 Å². The summed E-state index contributed by atoms with van der Waals surface area (Å²) in [6.45, 7) is 24.8. The van der Waals surface area contributed by atoms with Gasteiger partial charge in [-0.3, -0.25) is 0 Å². The second-order valence-electron chi connectivity index (χ2n) is 23.6. The molecule has 6 aromatic carbocycles. The fourth-order valence-corrected chi connectivity index (χ4v) is 15.3. The Morgan fingerprint density at radius 3 is 1.94 bits per heavy atom. The van der Waals surface area contributed by atoms with Crippen LogP contribution in [0.3, 0.4) is 0 Å². The Morgan fingerprint density at radius 1 is 0.516 bits per heavy atom. The molecule has 6 aromatic rings. The van der Waals surface area contributed by atoms with Gasteiger partial charge in [0.05, 0.1) is 16.8 Å². The maximum atomic E-state index is 2.88. The second-order valence-corrected chi connectivity index (χ2v) is 23.6. The van der Waals surface area contributed by atoms with Gasteiger partial charge in [-0.25, -0.2) is 0 Å². The predicted molar refractivity (Wildman–Crippen MR) is 272 cm³/mol. The summed E-state index contributed by atoms with van der Waals surface area (Å²) in [5, 5.41) is 0. The molecule has 0 spiro atoms. The van der Waals surface area contributed by atoms with Crippen molar-refractivity contribution in [2.45, 2.75) is 153 Å². The molecule has 4 heteroatoms. The number of rotatable bonds is 2. The minimum absolute atomic E-state index is 0.000231. The molecule has 0 amide bonds. The number of hydrogen-bond donors (Lipinski definition) is 0. The molecule has 322 valence electrons. The topological polar surface area (TPSA) is 9.72 Å². The number of aryl methyl sites for hydroxylation is 1. The molecule has 64 heavy (non-hydrogen) atoms. The van der Waals surface area contributed by atoms with Crippen molar-refractivity contribution in [3.8, 4) is 11.1 Å². The Labute approximate surface area is 383 Å². The van der Waals surface area contributed by atoms with Crippen molar-refractivity contribution in [2.75, 3.05) is 14.7 Å². The summed E-state index contributed by atoms with van der Waals surface area (Å²) < 4.78 is 0. The van der Waals surface area contributed by atoms with Gasteiger partial charge >= 0.3 is 0 Å². The smallest absolute Gasteiger partial charge is 0.252 e. The maximum Gasteiger partial charge on any atom is 0.252 e. The lowest BCUT2D eigenvalue weighted by molar-refractivity contribution is 0.195. The van der Waals surface area contributed by atoms with Gasteiger partial charge in [-0.15, -0.1) is 0 Å². The third kappa shape index (κ3) is 4.52. The molecular formula is C60H64BN3. The highest BCUT2D eigenvalue weighted by Gasteiger charge is 2.62. The van der Waals surface area contributed by atoms with Crippen LogP contribution in [0, 0.1) is 6.92 Å². The van der Waals surface area contributed by atoms with Crippen LogP contribution in [0.1, 0.15) is 147 Å². The molecule has 2 saturated carbocycles. The van der Waals surface area contributed by atoms with Crippen LogP contribution in [0.4, 0.5) is 39.8 Å². The van der Waals surface area contributed by atoms with E-state index in [-0.39, 0.29) is 39.5 Å². The van der Waals surface area contributed by atoms with Crippen molar-refractivity contribution < 1.29 is 0 Å². The lowest BCUT2D eigenvalue weighted by Crippen LogP contribution is -2.64. The van der Waals surface area contributed by atoms with E-state index in [1.54, 1.807) is 5.56 Å². The number of fused-ring (bicyclic) bond motifs is 13. The first-order valence-corrected chi connectivity index (χ1v) is 24.7. The largest absolute Gasteiger partial charge is 0.335 e. The molecule has 4 atom stereocenters. The summed E-state index contributed by atoms with van der Waals surface area (Å²) in [6, 6.07) is 44.1. The monoisotopic (exact) mass is 838 g/mol. The van der Waals surface area contributed by atoms with E-state index >= 15 is 0 Å². The maximum absolute atomic E-state index is 2.88. The molecule has 0 bridgehead atoms. The summed E-state index contributed by atoms with van der Waals surface area (Å²) >= 11 is 0. The number of para-hydroxylation sites is 1. The van der Waals surface area contributed by atoms with Crippen LogP contribution in [0.25, 0.3) is 11.1 Å². The normalized spacial score (nSPS) is 27.3. The Balaban J connectivity index is 1.11. The van der Waals surface area contributed by atoms with Gasteiger partial charge in [0.1, 0.15) is 0 Å². The molecule has 13 rings (SSSR count). The summed E-state index contributed by atoms with van der Waals surface area (Å²) in [7, 11) is 0. The first kappa shape index (κ1) is 39.2.